The van der Waals surface area contributed by atoms with E-state index in [9.17, 15) is 4.79 Å². The summed E-state index contributed by atoms with van der Waals surface area (Å²) in [6.07, 6.45) is 0.209. The first-order valence-corrected chi connectivity index (χ1v) is 10.2. The fourth-order valence-corrected chi connectivity index (χ4v) is 3.87. The molecule has 0 radical (unpaired) electrons. The molecule has 0 spiro atoms. The van der Waals surface area contributed by atoms with Crippen LogP contribution in [0.4, 0.5) is 11.4 Å². The molecule has 0 unspecified atom stereocenters. The van der Waals surface area contributed by atoms with Crippen molar-refractivity contribution in [2.24, 2.45) is 0 Å². The second-order valence-corrected chi connectivity index (χ2v) is 7.65. The first kappa shape index (κ1) is 20.2. The van der Waals surface area contributed by atoms with Crippen LogP contribution < -0.4 is 15.0 Å². The summed E-state index contributed by atoms with van der Waals surface area (Å²) in [5.41, 5.74) is 3.32. The summed E-state index contributed by atoms with van der Waals surface area (Å²) in [6, 6.07) is 13.3. The Morgan fingerprint density at radius 1 is 1.21 bits per heavy atom. The SMILES string of the molecule is CCOc1ccc(-c2nc(CC(=O)Nc3ccc(N(C)C)c(Cl)c3)cs2)cc1. The molecule has 3 rings (SSSR count). The fraction of sp³-hybridized carbons (Fsp3) is 0.238. The lowest BCUT2D eigenvalue weighted by Crippen LogP contribution is -2.15. The van der Waals surface area contributed by atoms with Gasteiger partial charge in [-0.2, -0.15) is 0 Å². The van der Waals surface area contributed by atoms with Crippen LogP contribution in [0, 0.1) is 0 Å². The number of amides is 1. The van der Waals surface area contributed by atoms with E-state index in [-0.39, 0.29) is 12.3 Å². The van der Waals surface area contributed by atoms with Crippen molar-refractivity contribution in [3.63, 3.8) is 0 Å². The Hall–Kier alpha value is -2.57. The molecule has 1 aromatic heterocycles. The number of thiazole rings is 1. The standard InChI is InChI=1S/C21H22ClN3O2S/c1-4-27-17-8-5-14(6-9-17)21-24-16(13-28-21)12-20(26)23-15-7-10-19(25(2)3)18(22)11-15/h5-11,13H,4,12H2,1-3H3,(H,23,26). The molecule has 1 N–H and O–H groups in total. The van der Waals surface area contributed by atoms with Gasteiger partial charge in [-0.3, -0.25) is 4.79 Å². The van der Waals surface area contributed by atoms with Gasteiger partial charge in [-0.05, 0) is 49.4 Å². The zero-order valence-electron chi connectivity index (χ0n) is 16.0. The van der Waals surface area contributed by atoms with Crippen molar-refractivity contribution in [1.29, 1.82) is 0 Å². The Balaban J connectivity index is 1.63. The summed E-state index contributed by atoms with van der Waals surface area (Å²) < 4.78 is 5.46. The number of benzene rings is 2. The van der Waals surface area contributed by atoms with E-state index in [0.717, 1.165) is 27.7 Å². The lowest BCUT2D eigenvalue weighted by molar-refractivity contribution is -0.115. The molecule has 28 heavy (non-hydrogen) atoms. The highest BCUT2D eigenvalue weighted by Crippen LogP contribution is 2.28. The van der Waals surface area contributed by atoms with E-state index < -0.39 is 0 Å². The second-order valence-electron chi connectivity index (χ2n) is 6.39. The number of rotatable bonds is 7. The van der Waals surface area contributed by atoms with Crippen LogP contribution in [-0.2, 0) is 11.2 Å². The van der Waals surface area contributed by atoms with Crippen molar-refractivity contribution in [2.75, 3.05) is 30.9 Å². The second kappa shape index (κ2) is 9.08. The molecule has 1 amide bonds. The molecule has 0 saturated heterocycles. The quantitative estimate of drug-likeness (QED) is 0.582. The molecule has 7 heteroatoms. The van der Waals surface area contributed by atoms with Crippen LogP contribution in [0.3, 0.4) is 0 Å². The highest BCUT2D eigenvalue weighted by atomic mass is 35.5. The number of ether oxygens (including phenoxy) is 1. The summed E-state index contributed by atoms with van der Waals surface area (Å²) in [5, 5.41) is 6.26. The predicted molar refractivity (Wildman–Crippen MR) is 117 cm³/mol. The normalized spacial score (nSPS) is 10.6. The maximum atomic E-state index is 12.4. The molecular weight excluding hydrogens is 394 g/mol. The van der Waals surface area contributed by atoms with Crippen molar-refractivity contribution >= 4 is 40.2 Å². The van der Waals surface area contributed by atoms with Crippen molar-refractivity contribution in [3.05, 3.63) is 58.6 Å². The van der Waals surface area contributed by atoms with E-state index in [0.29, 0.717) is 17.3 Å². The average Bonchev–Trinajstić information content (AvgIpc) is 3.10. The Morgan fingerprint density at radius 3 is 2.61 bits per heavy atom. The number of hydrogen-bond donors (Lipinski definition) is 1. The van der Waals surface area contributed by atoms with Crippen molar-refractivity contribution in [1.82, 2.24) is 4.98 Å². The van der Waals surface area contributed by atoms with Crippen LogP contribution in [-0.4, -0.2) is 31.6 Å². The Kier molecular flexibility index (Phi) is 6.54. The predicted octanol–water partition coefficient (Wildman–Crippen LogP) is 5.11. The summed E-state index contributed by atoms with van der Waals surface area (Å²) in [5.74, 6) is 0.707. The van der Waals surface area contributed by atoms with Gasteiger partial charge in [-0.25, -0.2) is 4.98 Å². The molecule has 0 atom stereocenters. The van der Waals surface area contributed by atoms with Crippen molar-refractivity contribution < 1.29 is 9.53 Å². The molecule has 0 fully saturated rings. The molecule has 3 aromatic rings. The molecule has 2 aromatic carbocycles. The highest BCUT2D eigenvalue weighted by molar-refractivity contribution is 7.13. The first-order chi connectivity index (χ1) is 13.5. The van der Waals surface area contributed by atoms with Crippen LogP contribution in [0.15, 0.2) is 47.8 Å². The van der Waals surface area contributed by atoms with Crippen LogP contribution in [0.2, 0.25) is 5.02 Å². The van der Waals surface area contributed by atoms with E-state index >= 15 is 0 Å². The fourth-order valence-electron chi connectivity index (χ4n) is 2.70. The summed E-state index contributed by atoms with van der Waals surface area (Å²) in [7, 11) is 3.84. The zero-order valence-corrected chi connectivity index (χ0v) is 17.6. The van der Waals surface area contributed by atoms with Gasteiger partial charge in [0.25, 0.3) is 0 Å². The topological polar surface area (TPSA) is 54.5 Å². The third-order valence-electron chi connectivity index (χ3n) is 4.02. The third kappa shape index (κ3) is 5.03. The number of carbonyl (C=O) groups excluding carboxylic acids is 1. The summed E-state index contributed by atoms with van der Waals surface area (Å²) >= 11 is 7.78. The summed E-state index contributed by atoms with van der Waals surface area (Å²) in [6.45, 7) is 2.59. The van der Waals surface area contributed by atoms with Crippen molar-refractivity contribution in [3.8, 4) is 16.3 Å². The van der Waals surface area contributed by atoms with Gasteiger partial charge in [-0.1, -0.05) is 11.6 Å². The number of anilines is 2. The van der Waals surface area contributed by atoms with Crippen LogP contribution in [0.1, 0.15) is 12.6 Å². The van der Waals surface area contributed by atoms with Gasteiger partial charge in [0.05, 0.1) is 29.4 Å². The molecule has 0 bridgehead atoms. The third-order valence-corrected chi connectivity index (χ3v) is 5.26. The number of nitrogens with one attached hydrogen (secondary N) is 1. The van der Waals surface area contributed by atoms with Gasteiger partial charge in [0.15, 0.2) is 0 Å². The van der Waals surface area contributed by atoms with E-state index in [1.807, 2.05) is 67.7 Å². The molecule has 5 nitrogen and oxygen atoms in total. The zero-order chi connectivity index (χ0) is 20.1. The van der Waals surface area contributed by atoms with Gasteiger partial charge in [0.1, 0.15) is 10.8 Å². The minimum Gasteiger partial charge on any atom is -0.494 e. The number of hydrogen-bond acceptors (Lipinski definition) is 5. The van der Waals surface area contributed by atoms with Gasteiger partial charge in [-0.15, -0.1) is 11.3 Å². The van der Waals surface area contributed by atoms with E-state index in [4.69, 9.17) is 16.3 Å². The molecule has 0 aliphatic heterocycles. The molecule has 0 aliphatic carbocycles. The molecule has 1 heterocycles. The van der Waals surface area contributed by atoms with Crippen LogP contribution >= 0.6 is 22.9 Å². The smallest absolute Gasteiger partial charge is 0.230 e. The van der Waals surface area contributed by atoms with E-state index in [1.165, 1.54) is 11.3 Å². The minimum absolute atomic E-state index is 0.128. The molecule has 146 valence electrons. The van der Waals surface area contributed by atoms with Gasteiger partial charge < -0.3 is 15.0 Å². The van der Waals surface area contributed by atoms with E-state index in [2.05, 4.69) is 10.3 Å². The number of nitrogens with zero attached hydrogens (tertiary/aromatic N) is 2. The Labute approximate surface area is 173 Å². The minimum atomic E-state index is -0.128. The van der Waals surface area contributed by atoms with Crippen LogP contribution in [0.5, 0.6) is 5.75 Å². The highest BCUT2D eigenvalue weighted by Gasteiger charge is 2.11. The number of aromatic nitrogens is 1. The van der Waals surface area contributed by atoms with Crippen molar-refractivity contribution in [2.45, 2.75) is 13.3 Å². The lowest BCUT2D eigenvalue weighted by Gasteiger charge is -2.15. The van der Waals surface area contributed by atoms with E-state index in [1.54, 1.807) is 6.07 Å². The Bertz CT molecular complexity index is 955. The monoisotopic (exact) mass is 415 g/mol. The maximum absolute atomic E-state index is 12.4. The van der Waals surface area contributed by atoms with Gasteiger partial charge in [0.2, 0.25) is 5.91 Å². The molecular formula is C21H22ClN3O2S. The molecule has 0 saturated carbocycles. The largest absolute Gasteiger partial charge is 0.494 e. The van der Waals surface area contributed by atoms with Crippen LogP contribution in [0.25, 0.3) is 10.6 Å². The number of carbonyl (C=O) groups is 1. The van der Waals surface area contributed by atoms with Gasteiger partial charge in [0, 0.05) is 30.7 Å². The average molecular weight is 416 g/mol. The van der Waals surface area contributed by atoms with Gasteiger partial charge >= 0.3 is 0 Å². The lowest BCUT2D eigenvalue weighted by atomic mass is 10.2. The number of halogens is 1. The summed E-state index contributed by atoms with van der Waals surface area (Å²) in [4.78, 5) is 18.9. The first-order valence-electron chi connectivity index (χ1n) is 8.90. The Morgan fingerprint density at radius 2 is 1.96 bits per heavy atom. The molecule has 0 aliphatic rings. The maximum Gasteiger partial charge on any atom is 0.230 e.